The Morgan fingerprint density at radius 2 is 2.08 bits per heavy atom. The van der Waals surface area contributed by atoms with E-state index < -0.39 is 11.7 Å². The highest BCUT2D eigenvalue weighted by atomic mass is 32.2. The number of carbonyl (C=O) groups is 2. The minimum absolute atomic E-state index is 0.0512. The van der Waals surface area contributed by atoms with Crippen molar-refractivity contribution < 1.29 is 18.4 Å². The standard InChI is InChI=1S/C16H13F2N3O2S/c17-16(18)24-14-6-5-9(8-19-14)20-15(23)11-7-13(22)21-12-4-2-1-3-10(11)12/h1-6,8,11,16H,7H2,(H,20,23)(H,21,22)/t11-/m0/s1. The van der Waals surface area contributed by atoms with Crippen molar-refractivity contribution in [2.24, 2.45) is 0 Å². The maximum absolute atomic E-state index is 12.5. The second-order valence-electron chi connectivity index (χ2n) is 5.15. The Morgan fingerprint density at radius 1 is 1.29 bits per heavy atom. The molecule has 124 valence electrons. The van der Waals surface area contributed by atoms with E-state index in [0.29, 0.717) is 23.1 Å². The van der Waals surface area contributed by atoms with Crippen LogP contribution in [0.4, 0.5) is 20.2 Å². The largest absolute Gasteiger partial charge is 0.326 e. The number of nitrogens with zero attached hydrogens (tertiary/aromatic N) is 1. The highest BCUT2D eigenvalue weighted by Crippen LogP contribution is 2.33. The number of anilines is 2. The fraction of sp³-hybridized carbons (Fsp3) is 0.188. The summed E-state index contributed by atoms with van der Waals surface area (Å²) in [4.78, 5) is 28.1. The summed E-state index contributed by atoms with van der Waals surface area (Å²) in [5, 5.41) is 5.58. The molecule has 0 spiro atoms. The fourth-order valence-electron chi connectivity index (χ4n) is 2.49. The van der Waals surface area contributed by atoms with Crippen LogP contribution >= 0.6 is 11.8 Å². The summed E-state index contributed by atoms with van der Waals surface area (Å²) in [7, 11) is 0. The second-order valence-corrected chi connectivity index (χ2v) is 6.16. The third-order valence-electron chi connectivity index (χ3n) is 3.53. The number of aromatic nitrogens is 1. The summed E-state index contributed by atoms with van der Waals surface area (Å²) in [6.07, 6.45) is 1.37. The van der Waals surface area contributed by atoms with E-state index in [-0.39, 0.29) is 23.3 Å². The Morgan fingerprint density at radius 3 is 2.79 bits per heavy atom. The van der Waals surface area contributed by atoms with Crippen LogP contribution in [0.5, 0.6) is 0 Å². The molecule has 0 radical (unpaired) electrons. The number of rotatable bonds is 4. The van der Waals surface area contributed by atoms with Crippen molar-refractivity contribution in [1.29, 1.82) is 0 Å². The number of carbonyl (C=O) groups excluding carboxylic acids is 2. The third kappa shape index (κ3) is 3.70. The molecule has 0 fully saturated rings. The van der Waals surface area contributed by atoms with E-state index in [0.717, 1.165) is 5.56 Å². The summed E-state index contributed by atoms with van der Waals surface area (Å²) in [5.74, 6) is -3.72. The lowest BCUT2D eigenvalue weighted by molar-refractivity contribution is -0.123. The van der Waals surface area contributed by atoms with Gasteiger partial charge >= 0.3 is 0 Å². The highest BCUT2D eigenvalue weighted by molar-refractivity contribution is 7.99. The molecule has 0 aliphatic carbocycles. The maximum atomic E-state index is 12.5. The van der Waals surface area contributed by atoms with Crippen LogP contribution in [0, 0.1) is 0 Å². The van der Waals surface area contributed by atoms with E-state index in [9.17, 15) is 18.4 Å². The number of alkyl halides is 2. The van der Waals surface area contributed by atoms with Crippen molar-refractivity contribution in [3.8, 4) is 0 Å². The number of hydrogen-bond acceptors (Lipinski definition) is 4. The Balaban J connectivity index is 1.74. The Kier molecular flexibility index (Phi) is 4.75. The van der Waals surface area contributed by atoms with Crippen LogP contribution in [0.15, 0.2) is 47.6 Å². The molecule has 1 aromatic carbocycles. The van der Waals surface area contributed by atoms with Gasteiger partial charge in [0.05, 0.1) is 17.8 Å². The SMILES string of the molecule is O=C1C[C@H](C(=O)Nc2ccc(SC(F)F)nc2)c2ccccc2N1. The smallest absolute Gasteiger partial charge is 0.290 e. The van der Waals surface area contributed by atoms with Gasteiger partial charge in [0.15, 0.2) is 0 Å². The number of fused-ring (bicyclic) bond motifs is 1. The molecule has 5 nitrogen and oxygen atoms in total. The molecule has 1 aromatic heterocycles. The number of nitrogens with one attached hydrogen (secondary N) is 2. The summed E-state index contributed by atoms with van der Waals surface area (Å²) < 4.78 is 24.5. The lowest BCUT2D eigenvalue weighted by Gasteiger charge is -2.24. The van der Waals surface area contributed by atoms with Crippen LogP contribution in [-0.2, 0) is 9.59 Å². The van der Waals surface area contributed by atoms with Gasteiger partial charge in [0.2, 0.25) is 11.8 Å². The van der Waals surface area contributed by atoms with Gasteiger partial charge in [-0.05, 0) is 35.5 Å². The van der Waals surface area contributed by atoms with Gasteiger partial charge < -0.3 is 10.6 Å². The van der Waals surface area contributed by atoms with Crippen molar-refractivity contribution in [3.63, 3.8) is 0 Å². The zero-order valence-corrected chi connectivity index (χ0v) is 13.1. The van der Waals surface area contributed by atoms with E-state index >= 15 is 0 Å². The number of benzene rings is 1. The predicted molar refractivity (Wildman–Crippen MR) is 87.2 cm³/mol. The molecule has 0 bridgehead atoms. The van der Waals surface area contributed by atoms with Crippen LogP contribution < -0.4 is 10.6 Å². The molecule has 0 saturated carbocycles. The lowest BCUT2D eigenvalue weighted by atomic mass is 9.90. The fourth-order valence-corrected chi connectivity index (χ4v) is 2.93. The normalized spacial score (nSPS) is 16.5. The van der Waals surface area contributed by atoms with Crippen LogP contribution in [-0.4, -0.2) is 22.6 Å². The molecule has 2 amide bonds. The first-order chi connectivity index (χ1) is 11.5. The number of para-hydroxylation sites is 1. The van der Waals surface area contributed by atoms with E-state index in [4.69, 9.17) is 0 Å². The number of amides is 2. The molecule has 2 N–H and O–H groups in total. The molecule has 2 aromatic rings. The van der Waals surface area contributed by atoms with E-state index in [2.05, 4.69) is 15.6 Å². The quantitative estimate of drug-likeness (QED) is 0.830. The molecule has 3 rings (SSSR count). The lowest BCUT2D eigenvalue weighted by Crippen LogP contribution is -2.30. The van der Waals surface area contributed by atoms with Gasteiger partial charge in [-0.2, -0.15) is 8.78 Å². The average Bonchev–Trinajstić information content (AvgIpc) is 2.55. The maximum Gasteiger partial charge on any atom is 0.290 e. The zero-order valence-electron chi connectivity index (χ0n) is 12.3. The number of hydrogen-bond donors (Lipinski definition) is 2. The molecule has 0 saturated heterocycles. The van der Waals surface area contributed by atoms with Crippen LogP contribution in [0.2, 0.25) is 0 Å². The molecular weight excluding hydrogens is 336 g/mol. The third-order valence-corrected chi connectivity index (χ3v) is 4.19. The highest BCUT2D eigenvalue weighted by Gasteiger charge is 2.30. The molecule has 8 heteroatoms. The van der Waals surface area contributed by atoms with Gasteiger partial charge in [-0.15, -0.1) is 0 Å². The summed E-state index contributed by atoms with van der Waals surface area (Å²) in [6, 6.07) is 10.0. The van der Waals surface area contributed by atoms with E-state index in [1.165, 1.54) is 18.3 Å². The van der Waals surface area contributed by atoms with E-state index in [1.807, 2.05) is 0 Å². The van der Waals surface area contributed by atoms with Gasteiger partial charge in [0, 0.05) is 12.1 Å². The predicted octanol–water partition coefficient (Wildman–Crippen LogP) is 3.46. The van der Waals surface area contributed by atoms with Crippen LogP contribution in [0.25, 0.3) is 0 Å². The zero-order chi connectivity index (χ0) is 17.1. The number of pyridine rings is 1. The molecule has 1 aliphatic heterocycles. The van der Waals surface area contributed by atoms with E-state index in [1.54, 1.807) is 24.3 Å². The van der Waals surface area contributed by atoms with Gasteiger partial charge in [0.1, 0.15) is 5.03 Å². The molecule has 24 heavy (non-hydrogen) atoms. The van der Waals surface area contributed by atoms with Gasteiger partial charge in [-0.1, -0.05) is 18.2 Å². The first-order valence-electron chi connectivity index (χ1n) is 7.13. The Labute approximate surface area is 140 Å². The monoisotopic (exact) mass is 349 g/mol. The Hall–Kier alpha value is -2.48. The van der Waals surface area contributed by atoms with Crippen molar-refractivity contribution in [2.45, 2.75) is 23.1 Å². The summed E-state index contributed by atoms with van der Waals surface area (Å²) in [5.41, 5.74) is 1.75. The van der Waals surface area contributed by atoms with Gasteiger partial charge in [-0.25, -0.2) is 4.98 Å². The molecular formula is C16H13F2N3O2S. The van der Waals surface area contributed by atoms with Gasteiger partial charge in [0.25, 0.3) is 5.76 Å². The molecule has 1 atom stereocenters. The van der Waals surface area contributed by atoms with Crippen molar-refractivity contribution >= 4 is 35.0 Å². The topological polar surface area (TPSA) is 71.1 Å². The second kappa shape index (κ2) is 6.96. The number of thioether (sulfide) groups is 1. The van der Waals surface area contributed by atoms with Crippen molar-refractivity contribution in [3.05, 3.63) is 48.2 Å². The van der Waals surface area contributed by atoms with Crippen LogP contribution in [0.1, 0.15) is 17.9 Å². The van der Waals surface area contributed by atoms with Crippen molar-refractivity contribution in [1.82, 2.24) is 4.98 Å². The average molecular weight is 349 g/mol. The van der Waals surface area contributed by atoms with Crippen LogP contribution in [0.3, 0.4) is 0 Å². The minimum Gasteiger partial charge on any atom is -0.326 e. The molecule has 2 heterocycles. The number of halogens is 2. The first-order valence-corrected chi connectivity index (χ1v) is 8.01. The van der Waals surface area contributed by atoms with Crippen molar-refractivity contribution in [2.75, 3.05) is 10.6 Å². The minimum atomic E-state index is -2.55. The Bertz CT molecular complexity index is 768. The molecule has 0 unspecified atom stereocenters. The van der Waals surface area contributed by atoms with Gasteiger partial charge in [-0.3, -0.25) is 9.59 Å². The molecule has 1 aliphatic rings. The summed E-state index contributed by atoms with van der Waals surface area (Å²) >= 11 is 0.335. The summed E-state index contributed by atoms with van der Waals surface area (Å²) in [6.45, 7) is 0. The first kappa shape index (κ1) is 16.4.